The van der Waals surface area contributed by atoms with E-state index in [0.717, 1.165) is 77.0 Å². The van der Waals surface area contributed by atoms with E-state index in [4.69, 9.17) is 14.2 Å². The highest BCUT2D eigenvalue weighted by molar-refractivity contribution is 5.71. The number of allylic oxidation sites excluding steroid dienone is 14. The fourth-order valence-electron chi connectivity index (χ4n) is 8.00. The molecule has 69 heavy (non-hydrogen) atoms. The number of rotatable bonds is 52. The Morgan fingerprint density at radius 1 is 0.304 bits per heavy atom. The third kappa shape index (κ3) is 55.4. The predicted octanol–water partition coefficient (Wildman–Crippen LogP) is 19.5. The number of carbonyl (C=O) groups is 3. The zero-order valence-corrected chi connectivity index (χ0v) is 45.3. The van der Waals surface area contributed by atoms with Gasteiger partial charge < -0.3 is 14.2 Å². The topological polar surface area (TPSA) is 78.9 Å². The van der Waals surface area contributed by atoms with Crippen LogP contribution < -0.4 is 0 Å². The van der Waals surface area contributed by atoms with Crippen LogP contribution in [0, 0.1) is 0 Å². The van der Waals surface area contributed by atoms with Crippen LogP contribution in [-0.2, 0) is 28.6 Å². The Hall–Kier alpha value is -3.41. The van der Waals surface area contributed by atoms with E-state index in [1.807, 2.05) is 0 Å². The summed E-state index contributed by atoms with van der Waals surface area (Å²) in [6.07, 6.45) is 74.3. The second-order valence-electron chi connectivity index (χ2n) is 19.2. The maximum absolute atomic E-state index is 12.9. The average Bonchev–Trinajstić information content (AvgIpc) is 3.35. The molecule has 0 aromatic heterocycles. The van der Waals surface area contributed by atoms with E-state index in [0.29, 0.717) is 19.3 Å². The standard InChI is InChI=1S/C63H108O6/c1-4-7-10-13-16-19-22-25-28-30-31-33-36-38-41-44-47-50-53-56-62(65)68-59-60(69-63(66)57-54-51-48-45-42-39-34-27-24-21-18-15-12-9-6-3)58-67-61(64)55-52-49-46-43-40-37-35-32-29-26-23-20-17-14-11-8-5-2/h8,11,17,20-21,24-26,28-29,35,37,43,46,60H,4-7,9-10,12-16,18-19,22-23,27,30-34,36,38-42,44-45,47-59H2,1-3H3/b11-8-,20-17-,24-21-,28-25-,29-26-,37-35-,46-43-/t60-/m1/s1. The number of unbranched alkanes of at least 4 members (excludes halogenated alkanes) is 27. The first-order valence-electron chi connectivity index (χ1n) is 29.1. The van der Waals surface area contributed by atoms with Crippen LogP contribution in [0.25, 0.3) is 0 Å². The van der Waals surface area contributed by atoms with E-state index >= 15 is 0 Å². The molecule has 0 spiro atoms. The molecule has 6 heteroatoms. The van der Waals surface area contributed by atoms with Gasteiger partial charge in [0.05, 0.1) is 0 Å². The molecular formula is C63H108O6. The fraction of sp³-hybridized carbons (Fsp3) is 0.730. The highest BCUT2D eigenvalue weighted by Gasteiger charge is 2.19. The van der Waals surface area contributed by atoms with Gasteiger partial charge in [0.2, 0.25) is 0 Å². The van der Waals surface area contributed by atoms with Gasteiger partial charge in [-0.2, -0.15) is 0 Å². The summed E-state index contributed by atoms with van der Waals surface area (Å²) >= 11 is 0. The Labute approximate surface area is 426 Å². The molecule has 0 saturated heterocycles. The molecular weight excluding hydrogens is 853 g/mol. The molecule has 0 fully saturated rings. The van der Waals surface area contributed by atoms with E-state index in [9.17, 15) is 14.4 Å². The van der Waals surface area contributed by atoms with Gasteiger partial charge in [-0.05, 0) is 109 Å². The molecule has 0 saturated carbocycles. The second-order valence-corrected chi connectivity index (χ2v) is 19.2. The molecule has 0 radical (unpaired) electrons. The summed E-state index contributed by atoms with van der Waals surface area (Å²) in [4.78, 5) is 38.2. The summed E-state index contributed by atoms with van der Waals surface area (Å²) in [5, 5.41) is 0. The highest BCUT2D eigenvalue weighted by Crippen LogP contribution is 2.15. The Balaban J connectivity index is 4.45. The molecule has 0 heterocycles. The molecule has 0 N–H and O–H groups in total. The SMILES string of the molecule is CC/C=C\C/C=C\C/C=C\C/C=C\C/C=C\CCCC(=O)OC[C@H](COC(=O)CCCCCCCCCCC/C=C\CCCCCCCC)OC(=O)CCCCCCCCC/C=C\CCCCCC. The van der Waals surface area contributed by atoms with Gasteiger partial charge >= 0.3 is 17.9 Å². The van der Waals surface area contributed by atoms with Crippen molar-refractivity contribution in [2.75, 3.05) is 13.2 Å². The summed E-state index contributed by atoms with van der Waals surface area (Å²) < 4.78 is 16.8. The van der Waals surface area contributed by atoms with Gasteiger partial charge in [-0.3, -0.25) is 14.4 Å². The third-order valence-corrected chi connectivity index (χ3v) is 12.4. The van der Waals surface area contributed by atoms with E-state index in [2.05, 4.69) is 106 Å². The Morgan fingerprint density at radius 2 is 0.580 bits per heavy atom. The van der Waals surface area contributed by atoms with E-state index in [1.165, 1.54) is 154 Å². The van der Waals surface area contributed by atoms with Crippen molar-refractivity contribution in [2.24, 2.45) is 0 Å². The summed E-state index contributed by atoms with van der Waals surface area (Å²) in [5.41, 5.74) is 0. The van der Waals surface area contributed by atoms with Gasteiger partial charge in [-0.25, -0.2) is 0 Å². The van der Waals surface area contributed by atoms with Crippen molar-refractivity contribution in [1.29, 1.82) is 0 Å². The van der Waals surface area contributed by atoms with Crippen molar-refractivity contribution >= 4 is 17.9 Å². The number of carbonyl (C=O) groups excluding carboxylic acids is 3. The molecule has 0 aliphatic heterocycles. The normalized spacial score (nSPS) is 12.7. The van der Waals surface area contributed by atoms with Crippen LogP contribution in [0.15, 0.2) is 85.1 Å². The first-order valence-corrected chi connectivity index (χ1v) is 29.1. The summed E-state index contributed by atoms with van der Waals surface area (Å²) in [6, 6.07) is 0. The lowest BCUT2D eigenvalue weighted by atomic mass is 10.1. The molecule has 1 atom stereocenters. The largest absolute Gasteiger partial charge is 0.462 e. The zero-order valence-electron chi connectivity index (χ0n) is 45.3. The lowest BCUT2D eigenvalue weighted by molar-refractivity contribution is -0.167. The lowest BCUT2D eigenvalue weighted by Crippen LogP contribution is -2.30. The van der Waals surface area contributed by atoms with Gasteiger partial charge in [0, 0.05) is 19.3 Å². The molecule has 0 aromatic rings. The number of hydrogen-bond donors (Lipinski definition) is 0. The Bertz CT molecular complexity index is 1330. The summed E-state index contributed by atoms with van der Waals surface area (Å²) in [5.74, 6) is -0.957. The third-order valence-electron chi connectivity index (χ3n) is 12.4. The van der Waals surface area contributed by atoms with Gasteiger partial charge in [-0.1, -0.05) is 234 Å². The minimum Gasteiger partial charge on any atom is -0.462 e. The lowest BCUT2D eigenvalue weighted by Gasteiger charge is -2.18. The van der Waals surface area contributed by atoms with Crippen molar-refractivity contribution in [2.45, 2.75) is 284 Å². The summed E-state index contributed by atoms with van der Waals surface area (Å²) in [7, 11) is 0. The highest BCUT2D eigenvalue weighted by atomic mass is 16.6. The predicted molar refractivity (Wildman–Crippen MR) is 297 cm³/mol. The quantitative estimate of drug-likeness (QED) is 0.0262. The zero-order chi connectivity index (χ0) is 50.0. The van der Waals surface area contributed by atoms with E-state index < -0.39 is 6.10 Å². The molecule has 0 amide bonds. The van der Waals surface area contributed by atoms with Gasteiger partial charge in [-0.15, -0.1) is 0 Å². The van der Waals surface area contributed by atoms with Crippen molar-refractivity contribution in [3.8, 4) is 0 Å². The fourth-order valence-corrected chi connectivity index (χ4v) is 8.00. The van der Waals surface area contributed by atoms with Crippen LogP contribution in [0.4, 0.5) is 0 Å². The molecule has 0 bridgehead atoms. The van der Waals surface area contributed by atoms with E-state index in [-0.39, 0.29) is 37.5 Å². The number of hydrogen-bond acceptors (Lipinski definition) is 6. The van der Waals surface area contributed by atoms with Crippen LogP contribution in [0.1, 0.15) is 278 Å². The van der Waals surface area contributed by atoms with Crippen molar-refractivity contribution < 1.29 is 28.6 Å². The van der Waals surface area contributed by atoms with Crippen LogP contribution >= 0.6 is 0 Å². The van der Waals surface area contributed by atoms with Gasteiger partial charge in [0.25, 0.3) is 0 Å². The average molecular weight is 962 g/mol. The van der Waals surface area contributed by atoms with Gasteiger partial charge in [0.1, 0.15) is 13.2 Å². The minimum absolute atomic E-state index is 0.0964. The van der Waals surface area contributed by atoms with Crippen LogP contribution in [0.3, 0.4) is 0 Å². The second kappa shape index (κ2) is 57.2. The molecule has 0 aliphatic rings. The summed E-state index contributed by atoms with van der Waals surface area (Å²) in [6.45, 7) is 6.47. The van der Waals surface area contributed by atoms with Crippen molar-refractivity contribution in [1.82, 2.24) is 0 Å². The van der Waals surface area contributed by atoms with E-state index in [1.54, 1.807) is 0 Å². The number of esters is 3. The molecule has 0 unspecified atom stereocenters. The molecule has 396 valence electrons. The maximum atomic E-state index is 12.9. The maximum Gasteiger partial charge on any atom is 0.306 e. The minimum atomic E-state index is -0.803. The van der Waals surface area contributed by atoms with Crippen molar-refractivity contribution in [3.63, 3.8) is 0 Å². The Morgan fingerprint density at radius 3 is 0.971 bits per heavy atom. The smallest absolute Gasteiger partial charge is 0.306 e. The molecule has 6 nitrogen and oxygen atoms in total. The Kier molecular flexibility index (Phi) is 54.3. The molecule has 0 rings (SSSR count). The first-order chi connectivity index (χ1) is 34.0. The molecule has 0 aliphatic carbocycles. The molecule has 0 aromatic carbocycles. The van der Waals surface area contributed by atoms with Crippen LogP contribution in [0.2, 0.25) is 0 Å². The van der Waals surface area contributed by atoms with Gasteiger partial charge in [0.15, 0.2) is 6.10 Å². The monoisotopic (exact) mass is 961 g/mol. The van der Waals surface area contributed by atoms with Crippen LogP contribution in [0.5, 0.6) is 0 Å². The first kappa shape index (κ1) is 65.6. The van der Waals surface area contributed by atoms with Crippen LogP contribution in [-0.4, -0.2) is 37.2 Å². The number of ether oxygens (including phenoxy) is 3. The van der Waals surface area contributed by atoms with Crippen molar-refractivity contribution in [3.05, 3.63) is 85.1 Å².